The van der Waals surface area contributed by atoms with E-state index in [-0.39, 0.29) is 6.10 Å². The van der Waals surface area contributed by atoms with Gasteiger partial charge in [-0.3, -0.25) is 0 Å². The van der Waals surface area contributed by atoms with Gasteiger partial charge in [-0.1, -0.05) is 11.6 Å². The van der Waals surface area contributed by atoms with E-state index in [1.54, 1.807) is 0 Å². The van der Waals surface area contributed by atoms with Crippen molar-refractivity contribution >= 4 is 0 Å². The lowest BCUT2D eigenvalue weighted by molar-refractivity contribution is -0.00263. The molecule has 1 N–H and O–H groups in total. The zero-order chi connectivity index (χ0) is 6.43. The number of hydrogen-bond donors (Lipinski definition) is 1. The molecule has 0 aromatic carbocycles. The van der Waals surface area contributed by atoms with Crippen LogP contribution in [0, 0.1) is 11.8 Å². The first-order valence-corrected chi connectivity index (χ1v) is 3.64. The summed E-state index contributed by atoms with van der Waals surface area (Å²) in [7, 11) is 0. The maximum Gasteiger partial charge on any atom is 0.0611 e. The number of fused-ring (bicyclic) bond motifs is 1. The van der Waals surface area contributed by atoms with Crippen molar-refractivity contribution in [3.8, 4) is 0 Å². The van der Waals surface area contributed by atoms with Crippen molar-refractivity contribution in [1.29, 1.82) is 0 Å². The maximum atomic E-state index is 9.25. The van der Waals surface area contributed by atoms with Gasteiger partial charge in [0.2, 0.25) is 0 Å². The van der Waals surface area contributed by atoms with Gasteiger partial charge in [-0.15, -0.1) is 0 Å². The van der Waals surface area contributed by atoms with E-state index in [4.69, 9.17) is 0 Å². The molecule has 9 heavy (non-hydrogen) atoms. The van der Waals surface area contributed by atoms with Crippen molar-refractivity contribution in [3.05, 3.63) is 11.6 Å². The van der Waals surface area contributed by atoms with E-state index in [1.165, 1.54) is 12.0 Å². The summed E-state index contributed by atoms with van der Waals surface area (Å²) >= 11 is 0. The lowest BCUT2D eigenvalue weighted by Crippen LogP contribution is -2.38. The minimum Gasteiger partial charge on any atom is -0.392 e. The molecule has 0 unspecified atom stereocenters. The molecule has 2 aliphatic carbocycles. The van der Waals surface area contributed by atoms with Gasteiger partial charge < -0.3 is 5.11 Å². The molecule has 1 fully saturated rings. The molecule has 2 rings (SSSR count). The van der Waals surface area contributed by atoms with Crippen LogP contribution in [0.4, 0.5) is 0 Å². The van der Waals surface area contributed by atoms with Gasteiger partial charge in [-0.2, -0.15) is 0 Å². The zero-order valence-corrected chi connectivity index (χ0v) is 5.67. The third-order valence-electron chi connectivity index (χ3n) is 2.74. The summed E-state index contributed by atoms with van der Waals surface area (Å²) in [5.41, 5.74) is 1.42. The molecule has 3 atom stereocenters. The van der Waals surface area contributed by atoms with Crippen molar-refractivity contribution in [1.82, 2.24) is 0 Å². The van der Waals surface area contributed by atoms with E-state index >= 15 is 0 Å². The average molecular weight is 124 g/mol. The molecular weight excluding hydrogens is 112 g/mol. The van der Waals surface area contributed by atoms with Gasteiger partial charge in [0.1, 0.15) is 0 Å². The average Bonchev–Trinajstić information content (AvgIpc) is 2.04. The molecule has 2 aliphatic rings. The van der Waals surface area contributed by atoms with E-state index in [1.807, 2.05) is 0 Å². The third-order valence-corrected chi connectivity index (χ3v) is 2.74. The molecule has 0 saturated heterocycles. The maximum absolute atomic E-state index is 9.25. The zero-order valence-electron chi connectivity index (χ0n) is 5.67. The number of rotatable bonds is 0. The predicted octanol–water partition coefficient (Wildman–Crippen LogP) is 1.33. The SMILES string of the molecule is CC1=CC[C@H]2C[C@H](O)[C@@H]12. The van der Waals surface area contributed by atoms with Gasteiger partial charge >= 0.3 is 0 Å². The van der Waals surface area contributed by atoms with Crippen molar-refractivity contribution in [3.63, 3.8) is 0 Å². The monoisotopic (exact) mass is 124 g/mol. The van der Waals surface area contributed by atoms with E-state index in [9.17, 15) is 5.11 Å². The molecule has 0 aliphatic heterocycles. The Balaban J connectivity index is 2.15. The summed E-state index contributed by atoms with van der Waals surface area (Å²) in [6, 6.07) is 0. The smallest absolute Gasteiger partial charge is 0.0611 e. The third kappa shape index (κ3) is 0.584. The predicted molar refractivity (Wildman–Crippen MR) is 36.0 cm³/mol. The Hall–Kier alpha value is -0.300. The van der Waals surface area contributed by atoms with Gasteiger partial charge in [0.25, 0.3) is 0 Å². The summed E-state index contributed by atoms with van der Waals surface area (Å²) in [6.45, 7) is 2.13. The fraction of sp³-hybridized carbons (Fsp3) is 0.750. The normalized spacial score (nSPS) is 47.8. The van der Waals surface area contributed by atoms with Crippen molar-refractivity contribution in [2.24, 2.45) is 11.8 Å². The fourth-order valence-corrected chi connectivity index (χ4v) is 2.11. The van der Waals surface area contributed by atoms with Gasteiger partial charge in [0.05, 0.1) is 6.10 Å². The van der Waals surface area contributed by atoms with Crippen LogP contribution in [0.15, 0.2) is 11.6 Å². The Labute approximate surface area is 55.4 Å². The first-order chi connectivity index (χ1) is 4.29. The topological polar surface area (TPSA) is 20.2 Å². The second-order valence-corrected chi connectivity index (χ2v) is 3.27. The first kappa shape index (κ1) is 5.48. The van der Waals surface area contributed by atoms with Crippen LogP contribution in [-0.2, 0) is 0 Å². The van der Waals surface area contributed by atoms with Crippen LogP contribution in [0.3, 0.4) is 0 Å². The highest BCUT2D eigenvalue weighted by Crippen LogP contribution is 2.46. The van der Waals surface area contributed by atoms with Crippen LogP contribution >= 0.6 is 0 Å². The Morgan fingerprint density at radius 2 is 2.44 bits per heavy atom. The highest BCUT2D eigenvalue weighted by molar-refractivity contribution is 5.19. The molecule has 1 saturated carbocycles. The molecule has 0 spiro atoms. The Kier molecular flexibility index (Phi) is 0.974. The number of aliphatic hydroxyl groups excluding tert-OH is 1. The van der Waals surface area contributed by atoms with Crippen LogP contribution in [0.5, 0.6) is 0 Å². The molecule has 0 heterocycles. The second kappa shape index (κ2) is 1.60. The minimum atomic E-state index is -0.00579. The van der Waals surface area contributed by atoms with Gasteiger partial charge in [-0.25, -0.2) is 0 Å². The summed E-state index contributed by atoms with van der Waals surface area (Å²) in [6.07, 6.45) is 4.52. The molecule has 0 radical (unpaired) electrons. The van der Waals surface area contributed by atoms with Crippen molar-refractivity contribution in [2.75, 3.05) is 0 Å². The Morgan fingerprint density at radius 1 is 1.67 bits per heavy atom. The van der Waals surface area contributed by atoms with Crippen molar-refractivity contribution < 1.29 is 5.11 Å². The van der Waals surface area contributed by atoms with E-state index in [0.29, 0.717) is 5.92 Å². The molecule has 0 aromatic rings. The lowest BCUT2D eigenvalue weighted by atomic mass is 9.71. The highest BCUT2D eigenvalue weighted by atomic mass is 16.3. The van der Waals surface area contributed by atoms with Crippen LogP contribution in [0.1, 0.15) is 19.8 Å². The highest BCUT2D eigenvalue weighted by Gasteiger charge is 2.42. The van der Waals surface area contributed by atoms with Gasteiger partial charge in [-0.05, 0) is 25.7 Å². The van der Waals surface area contributed by atoms with E-state index in [0.717, 1.165) is 12.3 Å². The van der Waals surface area contributed by atoms with E-state index in [2.05, 4.69) is 13.0 Å². The molecule has 1 nitrogen and oxygen atoms in total. The number of hydrogen-bond acceptors (Lipinski definition) is 1. The second-order valence-electron chi connectivity index (χ2n) is 3.27. The fourth-order valence-electron chi connectivity index (χ4n) is 2.11. The molecule has 0 aromatic heterocycles. The molecule has 0 amide bonds. The van der Waals surface area contributed by atoms with Crippen LogP contribution in [-0.4, -0.2) is 11.2 Å². The molecule has 1 heteroatoms. The Bertz CT molecular complexity index is 160. The summed E-state index contributed by atoms with van der Waals surface area (Å²) in [4.78, 5) is 0. The van der Waals surface area contributed by atoms with Crippen LogP contribution in [0.25, 0.3) is 0 Å². The standard InChI is InChI=1S/C8H12O/c1-5-2-3-6-4-7(9)8(5)6/h2,6-9H,3-4H2,1H3/t6-,7-,8-/m0/s1. The molecule has 50 valence electrons. The summed E-state index contributed by atoms with van der Waals surface area (Å²) < 4.78 is 0. The first-order valence-electron chi connectivity index (χ1n) is 3.64. The van der Waals surface area contributed by atoms with Crippen LogP contribution < -0.4 is 0 Å². The lowest BCUT2D eigenvalue weighted by Gasteiger charge is -2.38. The van der Waals surface area contributed by atoms with Gasteiger partial charge in [0.15, 0.2) is 0 Å². The largest absolute Gasteiger partial charge is 0.392 e. The summed E-state index contributed by atoms with van der Waals surface area (Å²) in [5, 5.41) is 9.25. The molecular formula is C8H12O. The summed E-state index contributed by atoms with van der Waals surface area (Å²) in [5.74, 6) is 1.35. The van der Waals surface area contributed by atoms with Crippen molar-refractivity contribution in [2.45, 2.75) is 25.9 Å². The van der Waals surface area contributed by atoms with Gasteiger partial charge in [0, 0.05) is 5.92 Å². The number of allylic oxidation sites excluding steroid dienone is 1. The molecule has 0 bridgehead atoms. The van der Waals surface area contributed by atoms with Crippen LogP contribution in [0.2, 0.25) is 0 Å². The van der Waals surface area contributed by atoms with E-state index < -0.39 is 0 Å². The number of aliphatic hydroxyl groups is 1. The minimum absolute atomic E-state index is 0.00579. The quantitative estimate of drug-likeness (QED) is 0.483. The Morgan fingerprint density at radius 3 is 2.89 bits per heavy atom.